The molecule has 1 aliphatic rings. The van der Waals surface area contributed by atoms with Crippen LogP contribution in [-0.4, -0.2) is 12.4 Å². The Bertz CT molecular complexity index is 675. The van der Waals surface area contributed by atoms with Gasteiger partial charge in [-0.3, -0.25) is 0 Å². The molecule has 2 aromatic carbocycles. The lowest BCUT2D eigenvalue weighted by molar-refractivity contribution is 0.589. The standard InChI is InChI=1S/C19H22ClNS/c1-19(2,3)14-9-10-18-16(13-14)21(12-6-11-20)15-7-4-5-8-17(15)22-18/h4-5,7-10,13H,6,11-12H2,1-3H3. The molecule has 0 saturated carbocycles. The van der Waals surface area contributed by atoms with Crippen molar-refractivity contribution >= 4 is 34.7 Å². The maximum absolute atomic E-state index is 5.95. The summed E-state index contributed by atoms with van der Waals surface area (Å²) in [6, 6.07) is 15.5. The number of alkyl halides is 1. The molecular formula is C19H22ClNS. The van der Waals surface area contributed by atoms with Crippen LogP contribution >= 0.6 is 23.4 Å². The van der Waals surface area contributed by atoms with Gasteiger partial charge in [0, 0.05) is 22.2 Å². The van der Waals surface area contributed by atoms with E-state index in [1.807, 2.05) is 11.8 Å². The number of fused-ring (bicyclic) bond motifs is 2. The Morgan fingerprint density at radius 2 is 1.73 bits per heavy atom. The minimum Gasteiger partial charge on any atom is -0.340 e. The molecule has 0 radical (unpaired) electrons. The van der Waals surface area contributed by atoms with Gasteiger partial charge >= 0.3 is 0 Å². The monoisotopic (exact) mass is 331 g/mol. The number of para-hydroxylation sites is 1. The van der Waals surface area contributed by atoms with Crippen molar-refractivity contribution in [1.82, 2.24) is 0 Å². The van der Waals surface area contributed by atoms with Crippen molar-refractivity contribution in [3.05, 3.63) is 48.0 Å². The predicted octanol–water partition coefficient (Wildman–Crippen LogP) is 6.22. The summed E-state index contributed by atoms with van der Waals surface area (Å²) in [5, 5.41) is 0. The van der Waals surface area contributed by atoms with Crippen molar-refractivity contribution < 1.29 is 0 Å². The van der Waals surface area contributed by atoms with E-state index in [-0.39, 0.29) is 5.41 Å². The summed E-state index contributed by atoms with van der Waals surface area (Å²) in [5.41, 5.74) is 4.16. The van der Waals surface area contributed by atoms with Crippen LogP contribution in [0.15, 0.2) is 52.3 Å². The van der Waals surface area contributed by atoms with E-state index in [0.29, 0.717) is 5.88 Å². The first kappa shape index (κ1) is 15.8. The summed E-state index contributed by atoms with van der Waals surface area (Å²) >= 11 is 7.81. The average molecular weight is 332 g/mol. The Kier molecular flexibility index (Phi) is 4.42. The van der Waals surface area contributed by atoms with Crippen molar-refractivity contribution in [2.75, 3.05) is 17.3 Å². The highest BCUT2D eigenvalue weighted by Gasteiger charge is 2.25. The number of hydrogen-bond acceptors (Lipinski definition) is 2. The molecule has 0 N–H and O–H groups in total. The fourth-order valence-corrected chi connectivity index (χ4v) is 3.95. The Hall–Kier alpha value is -1.12. The third kappa shape index (κ3) is 3.00. The molecule has 0 fully saturated rings. The smallest absolute Gasteiger partial charge is 0.0555 e. The lowest BCUT2D eigenvalue weighted by atomic mass is 9.87. The number of hydrogen-bond donors (Lipinski definition) is 0. The number of halogens is 1. The van der Waals surface area contributed by atoms with Crippen LogP contribution in [0, 0.1) is 0 Å². The Morgan fingerprint density at radius 3 is 2.45 bits per heavy atom. The zero-order valence-electron chi connectivity index (χ0n) is 13.4. The number of nitrogens with zero attached hydrogens (tertiary/aromatic N) is 1. The summed E-state index contributed by atoms with van der Waals surface area (Å²) in [6.07, 6.45) is 0.986. The van der Waals surface area contributed by atoms with E-state index >= 15 is 0 Å². The fraction of sp³-hybridized carbons (Fsp3) is 0.368. The fourth-order valence-electron chi connectivity index (χ4n) is 2.75. The highest BCUT2D eigenvalue weighted by Crippen LogP contribution is 2.49. The van der Waals surface area contributed by atoms with E-state index in [9.17, 15) is 0 Å². The molecule has 0 amide bonds. The topological polar surface area (TPSA) is 3.24 Å². The van der Waals surface area contributed by atoms with E-state index in [1.165, 1.54) is 26.7 Å². The SMILES string of the molecule is CC(C)(C)c1ccc2c(c1)N(CCCCl)c1ccccc1S2. The van der Waals surface area contributed by atoms with Crippen LogP contribution in [0.1, 0.15) is 32.8 Å². The summed E-state index contributed by atoms with van der Waals surface area (Å²) in [7, 11) is 0. The second-order valence-corrected chi connectivity index (χ2v) is 8.16. The van der Waals surface area contributed by atoms with Crippen molar-refractivity contribution in [3.8, 4) is 0 Å². The van der Waals surface area contributed by atoms with Crippen LogP contribution in [0.25, 0.3) is 0 Å². The van der Waals surface area contributed by atoms with Crippen LogP contribution in [0.4, 0.5) is 11.4 Å². The highest BCUT2D eigenvalue weighted by atomic mass is 35.5. The summed E-state index contributed by atoms with van der Waals surface area (Å²) < 4.78 is 0. The Labute approximate surface area is 142 Å². The predicted molar refractivity (Wildman–Crippen MR) is 98.1 cm³/mol. The Morgan fingerprint density at radius 1 is 1.00 bits per heavy atom. The molecule has 0 bridgehead atoms. The molecule has 2 aromatic rings. The molecule has 3 heteroatoms. The first-order chi connectivity index (χ1) is 10.5. The number of benzene rings is 2. The van der Waals surface area contributed by atoms with E-state index in [1.54, 1.807) is 0 Å². The second kappa shape index (κ2) is 6.17. The molecule has 22 heavy (non-hydrogen) atoms. The molecular weight excluding hydrogens is 310 g/mol. The zero-order chi connectivity index (χ0) is 15.7. The van der Waals surface area contributed by atoms with Crippen molar-refractivity contribution in [1.29, 1.82) is 0 Å². The van der Waals surface area contributed by atoms with Gasteiger partial charge in [0.2, 0.25) is 0 Å². The van der Waals surface area contributed by atoms with E-state index in [0.717, 1.165) is 13.0 Å². The zero-order valence-corrected chi connectivity index (χ0v) is 15.0. The molecule has 1 nitrogen and oxygen atoms in total. The molecule has 0 aliphatic carbocycles. The quantitative estimate of drug-likeness (QED) is 0.614. The highest BCUT2D eigenvalue weighted by molar-refractivity contribution is 7.99. The molecule has 0 atom stereocenters. The molecule has 0 aromatic heterocycles. The lowest BCUT2D eigenvalue weighted by Gasteiger charge is -2.34. The maximum Gasteiger partial charge on any atom is 0.0555 e. The minimum absolute atomic E-state index is 0.162. The summed E-state index contributed by atoms with van der Waals surface area (Å²) in [5.74, 6) is 0.695. The maximum atomic E-state index is 5.95. The van der Waals surface area contributed by atoms with Crippen LogP contribution in [0.3, 0.4) is 0 Å². The third-order valence-electron chi connectivity index (χ3n) is 4.01. The van der Waals surface area contributed by atoms with Crippen LogP contribution in [-0.2, 0) is 5.41 Å². The normalized spacial score (nSPS) is 13.7. The third-order valence-corrected chi connectivity index (χ3v) is 5.40. The minimum atomic E-state index is 0.162. The second-order valence-electron chi connectivity index (χ2n) is 6.70. The molecule has 3 rings (SSSR count). The van der Waals surface area contributed by atoms with Gasteiger partial charge in [-0.1, -0.05) is 50.7 Å². The van der Waals surface area contributed by atoms with Crippen molar-refractivity contribution in [3.63, 3.8) is 0 Å². The van der Waals surface area contributed by atoms with Gasteiger partial charge in [0.15, 0.2) is 0 Å². The molecule has 0 unspecified atom stereocenters. The molecule has 0 spiro atoms. The van der Waals surface area contributed by atoms with Gasteiger partial charge in [-0.25, -0.2) is 0 Å². The average Bonchev–Trinajstić information content (AvgIpc) is 2.50. The van der Waals surface area contributed by atoms with Gasteiger partial charge in [0.1, 0.15) is 0 Å². The van der Waals surface area contributed by atoms with Gasteiger partial charge in [-0.15, -0.1) is 11.6 Å². The van der Waals surface area contributed by atoms with Gasteiger partial charge in [-0.2, -0.15) is 0 Å². The first-order valence-corrected chi connectivity index (χ1v) is 9.11. The van der Waals surface area contributed by atoms with E-state index < -0.39 is 0 Å². The van der Waals surface area contributed by atoms with E-state index in [4.69, 9.17) is 11.6 Å². The van der Waals surface area contributed by atoms with Crippen molar-refractivity contribution in [2.24, 2.45) is 0 Å². The van der Waals surface area contributed by atoms with Crippen LogP contribution in [0.5, 0.6) is 0 Å². The van der Waals surface area contributed by atoms with Gasteiger partial charge in [0.05, 0.1) is 11.4 Å². The van der Waals surface area contributed by atoms with Gasteiger partial charge in [0.25, 0.3) is 0 Å². The lowest BCUT2D eigenvalue weighted by Crippen LogP contribution is -2.23. The van der Waals surface area contributed by atoms with Crippen molar-refractivity contribution in [2.45, 2.75) is 42.4 Å². The molecule has 0 saturated heterocycles. The van der Waals surface area contributed by atoms with Gasteiger partial charge < -0.3 is 4.90 Å². The number of anilines is 2. The first-order valence-electron chi connectivity index (χ1n) is 7.75. The number of rotatable bonds is 3. The van der Waals surface area contributed by atoms with Crippen LogP contribution in [0.2, 0.25) is 0 Å². The summed E-state index contributed by atoms with van der Waals surface area (Å²) in [6.45, 7) is 7.76. The molecule has 1 heterocycles. The van der Waals surface area contributed by atoms with Gasteiger partial charge in [-0.05, 0) is 41.7 Å². The Balaban J connectivity index is 2.08. The summed E-state index contributed by atoms with van der Waals surface area (Å²) in [4.78, 5) is 5.09. The van der Waals surface area contributed by atoms with Crippen LogP contribution < -0.4 is 4.90 Å². The molecule has 1 aliphatic heterocycles. The largest absolute Gasteiger partial charge is 0.340 e. The molecule has 116 valence electrons. The van der Waals surface area contributed by atoms with E-state index in [2.05, 4.69) is 68.1 Å².